The molecule has 0 atom stereocenters. The van der Waals surface area contributed by atoms with Crippen molar-refractivity contribution in [3.63, 3.8) is 0 Å². The molecule has 2 N–H and O–H groups in total. The average molecular weight is 403 g/mol. The molecule has 0 heterocycles. The molecular formula is C19H21N3O5S. The van der Waals surface area contributed by atoms with Crippen LogP contribution < -0.4 is 20.1 Å². The Morgan fingerprint density at radius 1 is 1.21 bits per heavy atom. The maximum Gasteiger partial charge on any atom is 0.271 e. The second-order valence-corrected chi connectivity index (χ2v) is 6.18. The number of benzene rings is 2. The van der Waals surface area contributed by atoms with E-state index in [1.807, 2.05) is 0 Å². The second-order valence-electron chi connectivity index (χ2n) is 5.78. The van der Waals surface area contributed by atoms with E-state index >= 15 is 0 Å². The van der Waals surface area contributed by atoms with E-state index in [0.29, 0.717) is 23.7 Å². The Morgan fingerprint density at radius 3 is 2.54 bits per heavy atom. The lowest BCUT2D eigenvalue weighted by Crippen LogP contribution is -2.34. The molecule has 0 aliphatic heterocycles. The number of methoxy groups -OCH3 is 1. The predicted octanol–water partition coefficient (Wildman–Crippen LogP) is 3.91. The van der Waals surface area contributed by atoms with E-state index in [2.05, 4.69) is 17.6 Å². The molecule has 2 aromatic rings. The summed E-state index contributed by atoms with van der Waals surface area (Å²) >= 11 is 5.13. The molecule has 0 aliphatic rings. The fourth-order valence-corrected chi connectivity index (χ4v) is 2.48. The van der Waals surface area contributed by atoms with Crippen LogP contribution in [0.25, 0.3) is 0 Å². The number of thiocarbonyl (C=S) groups is 1. The summed E-state index contributed by atoms with van der Waals surface area (Å²) in [6.07, 6.45) is 2.00. The molecule has 2 aromatic carbocycles. The first kappa shape index (κ1) is 21.1. The molecule has 1 amide bonds. The summed E-state index contributed by atoms with van der Waals surface area (Å²) in [4.78, 5) is 22.7. The predicted molar refractivity (Wildman–Crippen MR) is 110 cm³/mol. The van der Waals surface area contributed by atoms with Crippen molar-refractivity contribution < 1.29 is 19.2 Å². The van der Waals surface area contributed by atoms with Crippen molar-refractivity contribution in [3.8, 4) is 11.5 Å². The quantitative estimate of drug-likeness (QED) is 0.298. The van der Waals surface area contributed by atoms with Crippen molar-refractivity contribution in [3.05, 3.63) is 58.1 Å². The van der Waals surface area contributed by atoms with Gasteiger partial charge in [-0.2, -0.15) is 0 Å². The van der Waals surface area contributed by atoms with Gasteiger partial charge in [-0.1, -0.05) is 13.3 Å². The molecule has 9 heteroatoms. The minimum Gasteiger partial charge on any atom is -0.495 e. The highest BCUT2D eigenvalue weighted by atomic mass is 32.1. The molecule has 0 aliphatic carbocycles. The Balaban J connectivity index is 2.00. The van der Waals surface area contributed by atoms with Gasteiger partial charge in [-0.05, 0) is 49.0 Å². The lowest BCUT2D eigenvalue weighted by atomic mass is 10.2. The number of rotatable bonds is 8. The number of nitrogens with zero attached hydrogens (tertiary/aromatic N) is 1. The lowest BCUT2D eigenvalue weighted by Gasteiger charge is -2.13. The van der Waals surface area contributed by atoms with Crippen LogP contribution in [0.4, 0.5) is 11.4 Å². The van der Waals surface area contributed by atoms with E-state index in [1.54, 1.807) is 24.3 Å². The minimum atomic E-state index is -0.531. The smallest absolute Gasteiger partial charge is 0.271 e. The summed E-state index contributed by atoms with van der Waals surface area (Å²) in [5, 5.41) is 16.2. The summed E-state index contributed by atoms with van der Waals surface area (Å²) < 4.78 is 10.7. The maximum atomic E-state index is 12.3. The van der Waals surface area contributed by atoms with Gasteiger partial charge in [0.05, 0.1) is 24.3 Å². The topological polar surface area (TPSA) is 103 Å². The normalized spacial score (nSPS) is 10.1. The number of nitro benzene ring substituents is 1. The molecule has 0 unspecified atom stereocenters. The summed E-state index contributed by atoms with van der Waals surface area (Å²) in [6.45, 7) is 2.71. The molecule has 2 rings (SSSR count). The number of anilines is 1. The van der Waals surface area contributed by atoms with E-state index in [1.165, 1.54) is 25.3 Å². The third-order valence-corrected chi connectivity index (χ3v) is 3.96. The molecule has 0 bridgehead atoms. The molecular weight excluding hydrogens is 382 g/mol. The van der Waals surface area contributed by atoms with Crippen molar-refractivity contribution in [2.24, 2.45) is 0 Å². The van der Waals surface area contributed by atoms with Gasteiger partial charge >= 0.3 is 0 Å². The van der Waals surface area contributed by atoms with Gasteiger partial charge in [0.25, 0.3) is 11.6 Å². The number of hydrogen-bond donors (Lipinski definition) is 2. The SMILES string of the molecule is CCCCOc1ccc(C(=O)NC(=S)Nc2cc([N+](=O)[O-])ccc2OC)cc1. The van der Waals surface area contributed by atoms with Crippen LogP contribution in [0.2, 0.25) is 0 Å². The van der Waals surface area contributed by atoms with Crippen molar-refractivity contribution in [2.45, 2.75) is 19.8 Å². The Kier molecular flexibility index (Phi) is 7.70. The molecule has 0 fully saturated rings. The molecule has 148 valence electrons. The van der Waals surface area contributed by atoms with Crippen molar-refractivity contribution in [1.29, 1.82) is 0 Å². The van der Waals surface area contributed by atoms with E-state index in [-0.39, 0.29) is 16.5 Å². The third kappa shape index (κ3) is 5.92. The zero-order valence-electron chi connectivity index (χ0n) is 15.6. The highest BCUT2D eigenvalue weighted by Gasteiger charge is 2.14. The summed E-state index contributed by atoms with van der Waals surface area (Å²) in [5.74, 6) is 0.629. The number of nitrogens with one attached hydrogen (secondary N) is 2. The molecule has 0 spiro atoms. The van der Waals surface area contributed by atoms with Crippen molar-refractivity contribution in [2.75, 3.05) is 19.0 Å². The summed E-state index contributed by atoms with van der Waals surface area (Å²) in [7, 11) is 1.43. The third-order valence-electron chi connectivity index (χ3n) is 3.75. The Morgan fingerprint density at radius 2 is 1.93 bits per heavy atom. The first-order valence-corrected chi connectivity index (χ1v) is 9.03. The number of amides is 1. The number of ether oxygens (including phenoxy) is 2. The molecule has 0 saturated carbocycles. The van der Waals surface area contributed by atoms with Gasteiger partial charge in [0.1, 0.15) is 11.5 Å². The minimum absolute atomic E-state index is 0.00734. The largest absolute Gasteiger partial charge is 0.495 e. The second kappa shape index (κ2) is 10.2. The maximum absolute atomic E-state index is 12.3. The Hall–Kier alpha value is -3.20. The van der Waals surface area contributed by atoms with Crippen LogP contribution in [0.1, 0.15) is 30.1 Å². The number of non-ortho nitro benzene ring substituents is 1. The van der Waals surface area contributed by atoms with Crippen LogP contribution in [-0.4, -0.2) is 29.7 Å². The van der Waals surface area contributed by atoms with Crippen LogP contribution in [0.3, 0.4) is 0 Å². The van der Waals surface area contributed by atoms with Gasteiger partial charge < -0.3 is 14.8 Å². The molecule has 0 radical (unpaired) electrons. The summed E-state index contributed by atoms with van der Waals surface area (Å²) in [5.41, 5.74) is 0.552. The Bertz CT molecular complexity index is 855. The molecule has 0 aromatic heterocycles. The number of unbranched alkanes of at least 4 members (excludes halogenated alkanes) is 1. The van der Waals surface area contributed by atoms with Gasteiger partial charge in [0.15, 0.2) is 5.11 Å². The average Bonchev–Trinajstić information content (AvgIpc) is 2.68. The zero-order valence-corrected chi connectivity index (χ0v) is 16.4. The number of carbonyl (C=O) groups is 1. The van der Waals surface area contributed by atoms with Crippen molar-refractivity contribution >= 4 is 34.6 Å². The monoisotopic (exact) mass is 403 g/mol. The number of hydrogen-bond acceptors (Lipinski definition) is 6. The van der Waals surface area contributed by atoms with Crippen LogP contribution in [0, 0.1) is 10.1 Å². The van der Waals surface area contributed by atoms with Gasteiger partial charge in [0.2, 0.25) is 0 Å². The first-order chi connectivity index (χ1) is 13.4. The van der Waals surface area contributed by atoms with E-state index in [0.717, 1.165) is 12.8 Å². The first-order valence-electron chi connectivity index (χ1n) is 8.62. The highest BCUT2D eigenvalue weighted by molar-refractivity contribution is 7.80. The zero-order chi connectivity index (χ0) is 20.5. The highest BCUT2D eigenvalue weighted by Crippen LogP contribution is 2.28. The summed E-state index contributed by atoms with van der Waals surface area (Å²) in [6, 6.07) is 10.7. The fraction of sp³-hybridized carbons (Fsp3) is 0.263. The van der Waals surface area contributed by atoms with Crippen LogP contribution >= 0.6 is 12.2 Å². The van der Waals surface area contributed by atoms with Crippen LogP contribution in [0.15, 0.2) is 42.5 Å². The standard InChI is InChI=1S/C19H21N3O5S/c1-3-4-11-27-15-8-5-13(6-9-15)18(23)21-19(28)20-16-12-14(22(24)25)7-10-17(16)26-2/h5-10,12H,3-4,11H2,1-2H3,(H2,20,21,23,28). The number of nitro groups is 1. The van der Waals surface area contributed by atoms with Gasteiger partial charge in [-0.25, -0.2) is 0 Å². The molecule has 0 saturated heterocycles. The van der Waals surface area contributed by atoms with Crippen LogP contribution in [-0.2, 0) is 0 Å². The van der Waals surface area contributed by atoms with Gasteiger partial charge in [-0.3, -0.25) is 20.2 Å². The lowest BCUT2D eigenvalue weighted by molar-refractivity contribution is -0.384. The fourth-order valence-electron chi connectivity index (χ4n) is 2.27. The number of carbonyl (C=O) groups excluding carboxylic acids is 1. The van der Waals surface area contributed by atoms with Crippen LogP contribution in [0.5, 0.6) is 11.5 Å². The molecule has 28 heavy (non-hydrogen) atoms. The Labute approximate surface area is 168 Å². The van der Waals surface area contributed by atoms with E-state index in [9.17, 15) is 14.9 Å². The van der Waals surface area contributed by atoms with Crippen molar-refractivity contribution in [1.82, 2.24) is 5.32 Å². The molecule has 8 nitrogen and oxygen atoms in total. The van der Waals surface area contributed by atoms with Gasteiger partial charge in [0, 0.05) is 17.7 Å². The van der Waals surface area contributed by atoms with Gasteiger partial charge in [-0.15, -0.1) is 0 Å². The van der Waals surface area contributed by atoms with E-state index in [4.69, 9.17) is 21.7 Å². The van der Waals surface area contributed by atoms with E-state index < -0.39 is 10.8 Å².